The molecule has 1 aromatic heterocycles. The van der Waals surface area contributed by atoms with E-state index >= 15 is 0 Å². The average Bonchev–Trinajstić information content (AvgIpc) is 3.10. The molecule has 0 fully saturated rings. The molecule has 0 aliphatic heterocycles. The number of amides is 1. The Morgan fingerprint density at radius 3 is 2.58 bits per heavy atom. The van der Waals surface area contributed by atoms with Crippen LogP contribution in [0.1, 0.15) is 18.4 Å². The molecule has 1 amide bonds. The molecule has 0 saturated heterocycles. The van der Waals surface area contributed by atoms with Gasteiger partial charge in [-0.2, -0.15) is 0 Å². The molecule has 3 rings (SSSR count). The van der Waals surface area contributed by atoms with Gasteiger partial charge in [0, 0.05) is 12.5 Å². The molecular weight excluding hydrogens is 437 g/mol. The first-order valence-electron chi connectivity index (χ1n) is 9.08. The van der Waals surface area contributed by atoms with Crippen molar-refractivity contribution in [3.8, 4) is 5.75 Å². The number of hydrogen-bond acceptors (Lipinski definition) is 7. The Morgan fingerprint density at radius 1 is 1.06 bits per heavy atom. The molecule has 0 aliphatic carbocycles. The second kappa shape index (κ2) is 10.1. The first-order valence-corrected chi connectivity index (χ1v) is 9.90. The van der Waals surface area contributed by atoms with Crippen molar-refractivity contribution in [2.45, 2.75) is 25.8 Å². The van der Waals surface area contributed by atoms with Gasteiger partial charge in [0.05, 0.1) is 16.8 Å². The van der Waals surface area contributed by atoms with Crippen LogP contribution in [0.5, 0.6) is 5.75 Å². The van der Waals surface area contributed by atoms with Crippen LogP contribution in [0, 0.1) is 0 Å². The zero-order chi connectivity index (χ0) is 22.3. The standard InChI is InChI=1S/C20H17F3N2O5S/c21-20(22,23)30-14-8-9-15-16(11-14)31-18(24-15)25-19(27)28-10-4-7-17(26)29-12-13-5-2-1-3-6-13/h1-3,5-6,8-9,11H,4,7,10,12H2,(H,24,25,27). The fourth-order valence-electron chi connectivity index (χ4n) is 2.47. The molecule has 11 heteroatoms. The summed E-state index contributed by atoms with van der Waals surface area (Å²) in [5.74, 6) is -0.784. The maximum Gasteiger partial charge on any atom is 0.573 e. The first-order chi connectivity index (χ1) is 14.8. The highest BCUT2D eigenvalue weighted by Crippen LogP contribution is 2.31. The van der Waals surface area contributed by atoms with Crippen molar-refractivity contribution in [3.63, 3.8) is 0 Å². The Labute approximate surface area is 178 Å². The molecule has 7 nitrogen and oxygen atoms in total. The lowest BCUT2D eigenvalue weighted by Crippen LogP contribution is -2.16. The predicted octanol–water partition coefficient (Wildman–Crippen LogP) is 5.27. The summed E-state index contributed by atoms with van der Waals surface area (Å²) in [5.41, 5.74) is 1.27. The number of alkyl halides is 3. The van der Waals surface area contributed by atoms with E-state index in [1.54, 1.807) is 0 Å². The minimum atomic E-state index is -4.79. The number of aromatic nitrogens is 1. The molecular formula is C20H17F3N2O5S. The predicted molar refractivity (Wildman–Crippen MR) is 107 cm³/mol. The van der Waals surface area contributed by atoms with E-state index in [0.29, 0.717) is 10.2 Å². The Hall–Kier alpha value is -3.34. The van der Waals surface area contributed by atoms with Crippen molar-refractivity contribution >= 4 is 38.7 Å². The summed E-state index contributed by atoms with van der Waals surface area (Å²) in [6.07, 6.45) is -5.22. The minimum Gasteiger partial charge on any atom is -0.461 e. The van der Waals surface area contributed by atoms with Crippen LogP contribution in [0.25, 0.3) is 10.2 Å². The third-order valence-corrected chi connectivity index (χ3v) is 4.74. The lowest BCUT2D eigenvalue weighted by Gasteiger charge is -2.07. The smallest absolute Gasteiger partial charge is 0.461 e. The summed E-state index contributed by atoms with van der Waals surface area (Å²) < 4.78 is 51.3. The molecule has 0 bridgehead atoms. The van der Waals surface area contributed by atoms with Gasteiger partial charge in [-0.05, 0) is 24.1 Å². The second-order valence-corrected chi connectivity index (χ2v) is 7.24. The zero-order valence-corrected chi connectivity index (χ0v) is 16.8. The zero-order valence-electron chi connectivity index (χ0n) is 16.0. The fraction of sp³-hybridized carbons (Fsp3) is 0.250. The third kappa shape index (κ3) is 7.45. The van der Waals surface area contributed by atoms with Crippen LogP contribution in [0.4, 0.5) is 23.1 Å². The summed E-state index contributed by atoms with van der Waals surface area (Å²) >= 11 is 0.970. The highest BCUT2D eigenvalue weighted by atomic mass is 32.1. The normalized spacial score (nSPS) is 11.2. The molecule has 0 spiro atoms. The Kier molecular flexibility index (Phi) is 7.29. The number of thiazole rings is 1. The number of esters is 1. The maximum absolute atomic E-state index is 12.3. The summed E-state index contributed by atoms with van der Waals surface area (Å²) in [7, 11) is 0. The molecule has 1 N–H and O–H groups in total. The highest BCUT2D eigenvalue weighted by molar-refractivity contribution is 7.22. The molecule has 0 unspecified atom stereocenters. The largest absolute Gasteiger partial charge is 0.573 e. The van der Waals surface area contributed by atoms with Crippen LogP contribution in [0.15, 0.2) is 48.5 Å². The van der Waals surface area contributed by atoms with E-state index < -0.39 is 18.4 Å². The van der Waals surface area contributed by atoms with E-state index in [9.17, 15) is 22.8 Å². The van der Waals surface area contributed by atoms with Gasteiger partial charge < -0.3 is 14.2 Å². The Morgan fingerprint density at radius 2 is 1.84 bits per heavy atom. The van der Waals surface area contributed by atoms with Gasteiger partial charge in [-0.15, -0.1) is 13.2 Å². The van der Waals surface area contributed by atoms with Crippen LogP contribution >= 0.6 is 11.3 Å². The van der Waals surface area contributed by atoms with Gasteiger partial charge in [0.2, 0.25) is 0 Å². The summed E-state index contributed by atoms with van der Waals surface area (Å²) in [4.78, 5) is 27.6. The number of rotatable bonds is 8. The highest BCUT2D eigenvalue weighted by Gasteiger charge is 2.31. The van der Waals surface area contributed by atoms with Crippen LogP contribution in [-0.2, 0) is 20.9 Å². The lowest BCUT2D eigenvalue weighted by atomic mass is 10.2. The van der Waals surface area contributed by atoms with Gasteiger partial charge in [0.25, 0.3) is 0 Å². The number of ether oxygens (including phenoxy) is 3. The SMILES string of the molecule is O=C(CCCOC(=O)Nc1nc2ccc(OC(F)(F)F)cc2s1)OCc1ccccc1. The fourth-order valence-corrected chi connectivity index (χ4v) is 3.35. The molecule has 0 atom stereocenters. The van der Waals surface area contributed by atoms with Gasteiger partial charge in [-0.25, -0.2) is 9.78 Å². The molecule has 3 aromatic rings. The lowest BCUT2D eigenvalue weighted by molar-refractivity contribution is -0.274. The molecule has 0 saturated carbocycles. The number of carbonyl (C=O) groups excluding carboxylic acids is 2. The number of nitrogens with zero attached hydrogens (tertiary/aromatic N) is 1. The molecule has 0 aliphatic rings. The van der Waals surface area contributed by atoms with Crippen LogP contribution in [0.3, 0.4) is 0 Å². The monoisotopic (exact) mass is 454 g/mol. The maximum atomic E-state index is 12.3. The van der Waals surface area contributed by atoms with E-state index in [-0.39, 0.29) is 36.9 Å². The van der Waals surface area contributed by atoms with Crippen LogP contribution in [0.2, 0.25) is 0 Å². The number of anilines is 1. The van der Waals surface area contributed by atoms with Gasteiger partial charge >= 0.3 is 18.4 Å². The number of benzene rings is 2. The van der Waals surface area contributed by atoms with E-state index in [1.165, 1.54) is 12.1 Å². The number of hydrogen-bond donors (Lipinski definition) is 1. The Balaban J connectivity index is 1.39. The molecule has 31 heavy (non-hydrogen) atoms. The quantitative estimate of drug-likeness (QED) is 0.369. The Bertz CT molecular complexity index is 1040. The van der Waals surface area contributed by atoms with Gasteiger partial charge in [0.15, 0.2) is 5.13 Å². The van der Waals surface area contributed by atoms with Crippen LogP contribution in [-0.4, -0.2) is 30.0 Å². The number of halogens is 3. The van der Waals surface area contributed by atoms with E-state index in [2.05, 4.69) is 15.0 Å². The van der Waals surface area contributed by atoms with Crippen molar-refractivity contribution in [1.82, 2.24) is 4.98 Å². The minimum absolute atomic E-state index is 0.0132. The van der Waals surface area contributed by atoms with Crippen molar-refractivity contribution in [2.75, 3.05) is 11.9 Å². The molecule has 2 aromatic carbocycles. The van der Waals surface area contributed by atoms with Crippen molar-refractivity contribution < 1.29 is 37.0 Å². The summed E-state index contributed by atoms with van der Waals surface area (Å²) in [6.45, 7) is 0.162. The average molecular weight is 454 g/mol. The van der Waals surface area contributed by atoms with Crippen molar-refractivity contribution in [1.29, 1.82) is 0 Å². The number of nitrogens with one attached hydrogen (secondary N) is 1. The van der Waals surface area contributed by atoms with Crippen molar-refractivity contribution in [3.05, 3.63) is 54.1 Å². The van der Waals surface area contributed by atoms with Gasteiger partial charge in [0.1, 0.15) is 12.4 Å². The number of fused-ring (bicyclic) bond motifs is 1. The molecule has 0 radical (unpaired) electrons. The van der Waals surface area contributed by atoms with E-state index in [4.69, 9.17) is 9.47 Å². The topological polar surface area (TPSA) is 86.8 Å². The summed E-state index contributed by atoms with van der Waals surface area (Å²) in [6, 6.07) is 12.9. The van der Waals surface area contributed by atoms with E-state index in [1.807, 2.05) is 30.3 Å². The third-order valence-electron chi connectivity index (χ3n) is 3.80. The summed E-state index contributed by atoms with van der Waals surface area (Å²) in [5, 5.41) is 2.56. The van der Waals surface area contributed by atoms with Crippen LogP contribution < -0.4 is 10.1 Å². The molecule has 1 heterocycles. The number of carbonyl (C=O) groups is 2. The van der Waals surface area contributed by atoms with Gasteiger partial charge in [-0.1, -0.05) is 41.7 Å². The second-order valence-electron chi connectivity index (χ2n) is 6.21. The van der Waals surface area contributed by atoms with Gasteiger partial charge in [-0.3, -0.25) is 10.1 Å². The first kappa shape index (κ1) is 22.3. The van der Waals surface area contributed by atoms with Crippen molar-refractivity contribution in [2.24, 2.45) is 0 Å². The van der Waals surface area contributed by atoms with E-state index in [0.717, 1.165) is 23.0 Å². The molecule has 164 valence electrons.